The van der Waals surface area contributed by atoms with Crippen molar-refractivity contribution in [3.05, 3.63) is 0 Å². The second kappa shape index (κ2) is 10.9. The number of hydrogen-bond donors (Lipinski definition) is 1. The molecule has 0 spiro atoms. The predicted molar refractivity (Wildman–Crippen MR) is 112 cm³/mol. The normalized spacial score (nSPS) is 12.7. The maximum Gasteiger partial charge on any atom is 0.223 e. The summed E-state index contributed by atoms with van der Waals surface area (Å²) in [6.45, 7) is 21.1. The molecule has 0 atom stereocenters. The van der Waals surface area contributed by atoms with E-state index in [0.29, 0.717) is 18.4 Å². The van der Waals surface area contributed by atoms with Crippen molar-refractivity contribution in [3.8, 4) is 0 Å². The molecule has 0 aromatic rings. The first-order chi connectivity index (χ1) is 11.7. The Labute approximate surface area is 162 Å². The monoisotopic (exact) mass is 368 g/mol. The first-order valence-corrected chi connectivity index (χ1v) is 10.1. The first-order valence-electron chi connectivity index (χ1n) is 10.1. The highest BCUT2D eigenvalue weighted by atomic mass is 16.6. The standard InChI is InChI=1S/C22H44N2O2/c1-20(2,3)13-10-11-14-23-19(25)12-15-26-24-18(16-21(4,5)6)17-22(7,8)9/h10-17H2,1-9H3,(H,23,25). The molecule has 4 nitrogen and oxygen atoms in total. The van der Waals surface area contributed by atoms with Gasteiger partial charge < -0.3 is 10.2 Å². The molecule has 0 saturated carbocycles. The largest absolute Gasteiger partial charge is 0.395 e. The molecule has 0 saturated heterocycles. The van der Waals surface area contributed by atoms with Crippen LogP contribution in [0.4, 0.5) is 0 Å². The third kappa shape index (κ3) is 17.8. The van der Waals surface area contributed by atoms with Crippen molar-refractivity contribution in [2.24, 2.45) is 21.4 Å². The molecular formula is C22H44N2O2. The summed E-state index contributed by atoms with van der Waals surface area (Å²) in [5.41, 5.74) is 1.80. The smallest absolute Gasteiger partial charge is 0.223 e. The Morgan fingerprint density at radius 2 is 1.38 bits per heavy atom. The molecule has 0 aromatic carbocycles. The van der Waals surface area contributed by atoms with E-state index >= 15 is 0 Å². The van der Waals surface area contributed by atoms with Crippen LogP contribution in [0.5, 0.6) is 0 Å². The lowest BCUT2D eigenvalue weighted by Gasteiger charge is -2.24. The fourth-order valence-corrected chi connectivity index (χ4v) is 2.72. The molecule has 0 heterocycles. The number of hydrogen-bond acceptors (Lipinski definition) is 3. The molecule has 0 rings (SSSR count). The van der Waals surface area contributed by atoms with Gasteiger partial charge in [-0.1, -0.05) is 73.9 Å². The summed E-state index contributed by atoms with van der Waals surface area (Å²) in [5.74, 6) is 0.0455. The van der Waals surface area contributed by atoms with Crippen LogP contribution in [0.3, 0.4) is 0 Å². The zero-order chi connectivity index (χ0) is 20.4. The van der Waals surface area contributed by atoms with Gasteiger partial charge in [-0.3, -0.25) is 4.79 Å². The fourth-order valence-electron chi connectivity index (χ4n) is 2.72. The maximum atomic E-state index is 11.9. The van der Waals surface area contributed by atoms with E-state index in [0.717, 1.165) is 37.9 Å². The van der Waals surface area contributed by atoms with Crippen LogP contribution in [-0.2, 0) is 9.63 Å². The van der Waals surface area contributed by atoms with Gasteiger partial charge in [0.2, 0.25) is 5.91 Å². The third-order valence-electron chi connectivity index (χ3n) is 3.76. The van der Waals surface area contributed by atoms with Crippen LogP contribution in [0, 0.1) is 16.2 Å². The third-order valence-corrected chi connectivity index (χ3v) is 3.76. The van der Waals surface area contributed by atoms with E-state index in [2.05, 4.69) is 72.8 Å². The van der Waals surface area contributed by atoms with Crippen molar-refractivity contribution in [2.75, 3.05) is 13.2 Å². The molecule has 0 radical (unpaired) electrons. The van der Waals surface area contributed by atoms with Crippen LogP contribution in [-0.4, -0.2) is 24.8 Å². The van der Waals surface area contributed by atoms with Crippen molar-refractivity contribution >= 4 is 11.6 Å². The van der Waals surface area contributed by atoms with Gasteiger partial charge in [-0.05, 0) is 41.9 Å². The number of oxime groups is 1. The topological polar surface area (TPSA) is 50.7 Å². The maximum absolute atomic E-state index is 11.9. The number of carbonyl (C=O) groups excluding carboxylic acids is 1. The molecule has 0 aliphatic carbocycles. The minimum Gasteiger partial charge on any atom is -0.395 e. The van der Waals surface area contributed by atoms with Crippen molar-refractivity contribution < 1.29 is 9.63 Å². The quantitative estimate of drug-likeness (QED) is 0.294. The number of rotatable bonds is 10. The van der Waals surface area contributed by atoms with Crippen LogP contribution in [0.1, 0.15) is 101 Å². The van der Waals surface area contributed by atoms with Crippen LogP contribution in [0.2, 0.25) is 0 Å². The number of carbonyl (C=O) groups is 1. The van der Waals surface area contributed by atoms with E-state index in [1.54, 1.807) is 0 Å². The fraction of sp³-hybridized carbons (Fsp3) is 0.909. The van der Waals surface area contributed by atoms with Crippen molar-refractivity contribution in [3.63, 3.8) is 0 Å². The Kier molecular flexibility index (Phi) is 10.5. The number of unbranched alkanes of at least 4 members (excludes halogenated alkanes) is 1. The number of nitrogens with one attached hydrogen (secondary N) is 1. The van der Waals surface area contributed by atoms with E-state index in [1.807, 2.05) is 0 Å². The Morgan fingerprint density at radius 1 is 0.846 bits per heavy atom. The molecule has 0 bridgehead atoms. The second-order valence-electron chi connectivity index (χ2n) is 11.1. The summed E-state index contributed by atoms with van der Waals surface area (Å²) in [6.07, 6.45) is 5.54. The highest BCUT2D eigenvalue weighted by molar-refractivity contribution is 5.85. The van der Waals surface area contributed by atoms with Crippen LogP contribution >= 0.6 is 0 Å². The van der Waals surface area contributed by atoms with Gasteiger partial charge in [0, 0.05) is 6.54 Å². The Bertz CT molecular complexity index is 417. The zero-order valence-electron chi connectivity index (χ0n) is 18.9. The average molecular weight is 369 g/mol. The molecule has 1 N–H and O–H groups in total. The SMILES string of the molecule is CC(C)(C)CCCCNC(=O)CCON=C(CC(C)(C)C)CC(C)(C)C. The van der Waals surface area contributed by atoms with Gasteiger partial charge in [0.1, 0.15) is 6.61 Å². The molecule has 4 heteroatoms. The molecular weight excluding hydrogens is 324 g/mol. The minimum absolute atomic E-state index is 0.0455. The predicted octanol–water partition coefficient (Wildman–Crippen LogP) is 5.95. The summed E-state index contributed by atoms with van der Waals surface area (Å²) in [5, 5.41) is 7.31. The lowest BCUT2D eigenvalue weighted by Crippen LogP contribution is -2.25. The van der Waals surface area contributed by atoms with Gasteiger partial charge in [-0.15, -0.1) is 0 Å². The molecule has 0 aliphatic rings. The zero-order valence-corrected chi connectivity index (χ0v) is 18.9. The van der Waals surface area contributed by atoms with E-state index in [9.17, 15) is 4.79 Å². The summed E-state index contributed by atoms with van der Waals surface area (Å²) in [7, 11) is 0. The molecule has 0 aliphatic heterocycles. The molecule has 0 fully saturated rings. The van der Waals surface area contributed by atoms with Gasteiger partial charge in [0.25, 0.3) is 0 Å². The van der Waals surface area contributed by atoms with Crippen molar-refractivity contribution in [1.82, 2.24) is 5.32 Å². The van der Waals surface area contributed by atoms with E-state index < -0.39 is 0 Å². The number of nitrogens with zero attached hydrogens (tertiary/aromatic N) is 1. The molecule has 0 unspecified atom stereocenters. The van der Waals surface area contributed by atoms with Crippen molar-refractivity contribution in [2.45, 2.75) is 101 Å². The lowest BCUT2D eigenvalue weighted by molar-refractivity contribution is -0.122. The Balaban J connectivity index is 4.13. The summed E-state index contributed by atoms with van der Waals surface area (Å²) >= 11 is 0. The molecule has 1 amide bonds. The Morgan fingerprint density at radius 3 is 1.85 bits per heavy atom. The summed E-state index contributed by atoms with van der Waals surface area (Å²) < 4.78 is 0. The molecule has 26 heavy (non-hydrogen) atoms. The van der Waals surface area contributed by atoms with E-state index in [-0.39, 0.29) is 16.7 Å². The van der Waals surface area contributed by atoms with E-state index in [4.69, 9.17) is 4.84 Å². The summed E-state index contributed by atoms with van der Waals surface area (Å²) in [6, 6.07) is 0. The van der Waals surface area contributed by atoms with E-state index in [1.165, 1.54) is 6.42 Å². The van der Waals surface area contributed by atoms with Gasteiger partial charge in [0.15, 0.2) is 0 Å². The number of amides is 1. The Hall–Kier alpha value is -1.06. The second-order valence-corrected chi connectivity index (χ2v) is 11.1. The highest BCUT2D eigenvalue weighted by Gasteiger charge is 2.20. The van der Waals surface area contributed by atoms with Gasteiger partial charge in [-0.2, -0.15) is 0 Å². The minimum atomic E-state index is 0.0455. The van der Waals surface area contributed by atoms with Crippen LogP contribution in [0.15, 0.2) is 5.16 Å². The molecule has 0 aromatic heterocycles. The lowest BCUT2D eigenvalue weighted by atomic mass is 9.82. The average Bonchev–Trinajstić information content (AvgIpc) is 2.38. The van der Waals surface area contributed by atoms with Crippen molar-refractivity contribution in [1.29, 1.82) is 0 Å². The highest BCUT2D eigenvalue weighted by Crippen LogP contribution is 2.26. The van der Waals surface area contributed by atoms with Crippen LogP contribution < -0.4 is 5.32 Å². The summed E-state index contributed by atoms with van der Waals surface area (Å²) in [4.78, 5) is 17.3. The van der Waals surface area contributed by atoms with Gasteiger partial charge >= 0.3 is 0 Å². The van der Waals surface area contributed by atoms with Gasteiger partial charge in [-0.25, -0.2) is 0 Å². The molecule has 154 valence electrons. The van der Waals surface area contributed by atoms with Gasteiger partial charge in [0.05, 0.1) is 12.1 Å². The first kappa shape index (κ1) is 24.9. The van der Waals surface area contributed by atoms with Crippen LogP contribution in [0.25, 0.3) is 0 Å².